The second-order valence-electron chi connectivity index (χ2n) is 9.56. The summed E-state index contributed by atoms with van der Waals surface area (Å²) in [6, 6.07) is 4.78. The molecule has 15 heteroatoms. The Kier molecular flexibility index (Phi) is 10.7. The zero-order valence-electron chi connectivity index (χ0n) is 22.6. The first-order valence-corrected chi connectivity index (χ1v) is 13.0. The van der Waals surface area contributed by atoms with Crippen LogP contribution in [0.1, 0.15) is 42.2 Å². The molecule has 3 rings (SSSR count). The zero-order chi connectivity index (χ0) is 30.2. The summed E-state index contributed by atoms with van der Waals surface area (Å²) < 4.78 is 45.1. The number of benzene rings is 1. The first kappa shape index (κ1) is 31.4. The van der Waals surface area contributed by atoms with Crippen molar-refractivity contribution in [1.82, 2.24) is 30.6 Å². The van der Waals surface area contributed by atoms with E-state index in [0.717, 1.165) is 10.7 Å². The molecule has 1 aromatic carbocycles. The molecule has 1 aromatic heterocycles. The average Bonchev–Trinajstić information content (AvgIpc) is 3.40. The van der Waals surface area contributed by atoms with Crippen LogP contribution in [0.5, 0.6) is 5.75 Å². The number of carbonyl (C=O) groups excluding carboxylic acids is 4. The quantitative estimate of drug-likeness (QED) is 0.366. The van der Waals surface area contributed by atoms with Crippen LogP contribution in [0.15, 0.2) is 36.5 Å². The Hall–Kier alpha value is -4.14. The Morgan fingerprint density at radius 2 is 1.95 bits per heavy atom. The number of carbonyl (C=O) groups is 4. The summed E-state index contributed by atoms with van der Waals surface area (Å²) in [6.07, 6.45) is -4.73. The first-order valence-electron chi connectivity index (χ1n) is 13.0. The molecule has 1 aliphatic rings. The maximum atomic E-state index is 13.1. The highest BCUT2D eigenvalue weighted by atomic mass is 19.4. The van der Waals surface area contributed by atoms with Gasteiger partial charge in [-0.2, -0.15) is 18.3 Å². The van der Waals surface area contributed by atoms with Gasteiger partial charge in [-0.25, -0.2) is 0 Å². The molecular formula is C26H33F3N6O6. The third-order valence-electron chi connectivity index (χ3n) is 6.33. The number of aliphatic hydroxyl groups is 1. The number of aliphatic hydroxyl groups excluding tert-OH is 1. The molecule has 0 unspecified atom stereocenters. The van der Waals surface area contributed by atoms with Gasteiger partial charge in [-0.3, -0.25) is 23.9 Å². The van der Waals surface area contributed by atoms with Crippen LogP contribution in [0.3, 0.4) is 0 Å². The van der Waals surface area contributed by atoms with Crippen LogP contribution in [0.2, 0.25) is 0 Å². The molecule has 12 nitrogen and oxygen atoms in total. The monoisotopic (exact) mass is 582 g/mol. The van der Waals surface area contributed by atoms with Gasteiger partial charge >= 0.3 is 6.18 Å². The van der Waals surface area contributed by atoms with Gasteiger partial charge in [0.1, 0.15) is 24.4 Å². The van der Waals surface area contributed by atoms with Gasteiger partial charge in [-0.05, 0) is 38.0 Å². The van der Waals surface area contributed by atoms with Crippen molar-refractivity contribution >= 4 is 23.6 Å². The Bertz CT molecular complexity index is 1230. The van der Waals surface area contributed by atoms with Crippen LogP contribution in [-0.2, 0) is 27.1 Å². The molecule has 0 spiro atoms. The molecule has 4 amide bonds. The normalized spacial score (nSPS) is 20.0. The number of ether oxygens (including phenoxy) is 1. The van der Waals surface area contributed by atoms with Crippen LogP contribution >= 0.6 is 0 Å². The maximum absolute atomic E-state index is 13.1. The van der Waals surface area contributed by atoms with Crippen LogP contribution < -0.4 is 20.7 Å². The molecule has 224 valence electrons. The van der Waals surface area contributed by atoms with Crippen LogP contribution in [-0.4, -0.2) is 88.3 Å². The number of likely N-dealkylation sites (N-methyl/N-ethyl adjacent to an activating group) is 1. The highest BCUT2D eigenvalue weighted by Gasteiger charge is 2.33. The highest BCUT2D eigenvalue weighted by Crippen LogP contribution is 2.27. The van der Waals surface area contributed by atoms with E-state index >= 15 is 0 Å². The molecule has 2 aromatic rings. The van der Waals surface area contributed by atoms with Crippen molar-refractivity contribution in [1.29, 1.82) is 0 Å². The SMILES string of the molecule is C[C@@H](O)[C@@H]1NC(=O)CC[C@@H](C(=O)NCCCn2ccc(C(F)(F)F)n2)NC(=O)c2ccccc2OCCN(C)C1=O. The van der Waals surface area contributed by atoms with Gasteiger partial charge in [-0.1, -0.05) is 12.1 Å². The summed E-state index contributed by atoms with van der Waals surface area (Å²) in [5.41, 5.74) is -0.881. The lowest BCUT2D eigenvalue weighted by atomic mass is 10.1. The number of nitrogens with one attached hydrogen (secondary N) is 3. The van der Waals surface area contributed by atoms with Gasteiger partial charge in [0.25, 0.3) is 5.91 Å². The predicted octanol–water partition coefficient (Wildman–Crippen LogP) is 0.703. The molecule has 0 aliphatic carbocycles. The fraction of sp³-hybridized carbons (Fsp3) is 0.500. The lowest BCUT2D eigenvalue weighted by Gasteiger charge is -2.26. The first-order chi connectivity index (χ1) is 19.4. The minimum Gasteiger partial charge on any atom is -0.491 e. The van der Waals surface area contributed by atoms with Crippen molar-refractivity contribution in [2.24, 2.45) is 0 Å². The maximum Gasteiger partial charge on any atom is 0.435 e. The zero-order valence-corrected chi connectivity index (χ0v) is 22.6. The fourth-order valence-corrected chi connectivity index (χ4v) is 4.05. The molecule has 1 aliphatic heterocycles. The van der Waals surface area contributed by atoms with Gasteiger partial charge in [0.05, 0.1) is 18.2 Å². The summed E-state index contributed by atoms with van der Waals surface area (Å²) in [4.78, 5) is 52.9. The minimum absolute atomic E-state index is 0.0115. The summed E-state index contributed by atoms with van der Waals surface area (Å²) in [6.45, 7) is 1.64. The lowest BCUT2D eigenvalue weighted by molar-refractivity contribution is -0.141. The van der Waals surface area contributed by atoms with E-state index in [1.165, 1.54) is 31.1 Å². The third kappa shape index (κ3) is 8.93. The van der Waals surface area contributed by atoms with Crippen LogP contribution in [0.25, 0.3) is 0 Å². The van der Waals surface area contributed by atoms with E-state index in [2.05, 4.69) is 21.0 Å². The fourth-order valence-electron chi connectivity index (χ4n) is 4.05. The summed E-state index contributed by atoms with van der Waals surface area (Å²) in [5.74, 6) is -2.18. The molecule has 0 saturated carbocycles. The Morgan fingerprint density at radius 3 is 2.63 bits per heavy atom. The number of halogens is 3. The number of alkyl halides is 3. The second-order valence-corrected chi connectivity index (χ2v) is 9.56. The molecule has 0 fully saturated rings. The van der Waals surface area contributed by atoms with Gasteiger partial charge in [0, 0.05) is 32.8 Å². The topological polar surface area (TPSA) is 155 Å². The van der Waals surface area contributed by atoms with Crippen LogP contribution in [0, 0.1) is 0 Å². The number of aromatic nitrogens is 2. The Labute approximate surface area is 234 Å². The minimum atomic E-state index is -4.56. The third-order valence-corrected chi connectivity index (χ3v) is 6.33. The Balaban J connectivity index is 1.72. The molecule has 41 heavy (non-hydrogen) atoms. The van der Waals surface area contributed by atoms with Crippen molar-refractivity contribution in [3.8, 4) is 5.75 Å². The van der Waals surface area contributed by atoms with Crippen molar-refractivity contribution in [3.05, 3.63) is 47.8 Å². The molecule has 0 saturated heterocycles. The average molecular weight is 583 g/mol. The number of hydrogen-bond acceptors (Lipinski definition) is 7. The molecule has 3 atom stereocenters. The van der Waals surface area contributed by atoms with Gasteiger partial charge < -0.3 is 30.7 Å². The summed E-state index contributed by atoms with van der Waals surface area (Å²) in [7, 11) is 1.49. The number of aryl methyl sites for hydroxylation is 1. The van der Waals surface area contributed by atoms with Crippen molar-refractivity contribution in [2.75, 3.05) is 26.7 Å². The number of rotatable bonds is 6. The number of para-hydroxylation sites is 1. The second kappa shape index (κ2) is 14.0. The van der Waals surface area contributed by atoms with E-state index in [9.17, 15) is 37.5 Å². The number of hydrogen-bond donors (Lipinski definition) is 4. The summed E-state index contributed by atoms with van der Waals surface area (Å²) >= 11 is 0. The lowest BCUT2D eigenvalue weighted by Crippen LogP contribution is -2.53. The standard InChI is InChI=1S/C26H33F3N6O6/c1-16(36)22-25(40)34(2)14-15-41-19-7-4-3-6-17(19)23(38)31-18(8-9-21(37)32-22)24(39)30-11-5-12-35-13-10-20(33-35)26(27,28)29/h3-4,6-7,10,13,16,18,22,36H,5,8-9,11-12,14-15H2,1-2H3,(H,30,39)(H,31,38)(H,32,37)/t16-,18+,22+/m1/s1. The molecule has 4 N–H and O–H groups in total. The largest absolute Gasteiger partial charge is 0.491 e. The molecule has 2 heterocycles. The van der Waals surface area contributed by atoms with E-state index in [-0.39, 0.29) is 56.8 Å². The van der Waals surface area contributed by atoms with Gasteiger partial charge in [0.15, 0.2) is 5.69 Å². The Morgan fingerprint density at radius 1 is 1.22 bits per heavy atom. The van der Waals surface area contributed by atoms with Crippen molar-refractivity contribution in [2.45, 2.75) is 57.1 Å². The van der Waals surface area contributed by atoms with Crippen LogP contribution in [0.4, 0.5) is 13.2 Å². The molecule has 0 radical (unpaired) electrons. The van der Waals surface area contributed by atoms with E-state index in [4.69, 9.17) is 4.74 Å². The number of nitrogens with zero attached hydrogens (tertiary/aromatic N) is 3. The highest BCUT2D eigenvalue weighted by molar-refractivity contribution is 5.99. The molecule has 0 bridgehead atoms. The van der Waals surface area contributed by atoms with Crippen molar-refractivity contribution < 1.29 is 42.2 Å². The van der Waals surface area contributed by atoms with E-state index in [1.54, 1.807) is 18.2 Å². The van der Waals surface area contributed by atoms with Gasteiger partial charge in [0.2, 0.25) is 17.7 Å². The molecular weight excluding hydrogens is 549 g/mol. The smallest absolute Gasteiger partial charge is 0.435 e. The van der Waals surface area contributed by atoms with E-state index in [0.29, 0.717) is 0 Å². The van der Waals surface area contributed by atoms with E-state index in [1.807, 2.05) is 0 Å². The van der Waals surface area contributed by atoms with E-state index < -0.39 is 53.7 Å². The van der Waals surface area contributed by atoms with Gasteiger partial charge in [-0.15, -0.1) is 0 Å². The number of amides is 4. The number of fused-ring (bicyclic) bond motifs is 1. The predicted molar refractivity (Wildman–Crippen MR) is 139 cm³/mol. The summed E-state index contributed by atoms with van der Waals surface area (Å²) in [5, 5.41) is 21.3. The van der Waals surface area contributed by atoms with Crippen molar-refractivity contribution in [3.63, 3.8) is 0 Å².